The molecule has 1 atom stereocenters. The minimum atomic E-state index is -0.769. The molecular weight excluding hydrogens is 461 g/mol. The van der Waals surface area contributed by atoms with Gasteiger partial charge in [0.05, 0.1) is 18.0 Å². The van der Waals surface area contributed by atoms with Crippen LogP contribution >= 0.6 is 11.6 Å². The van der Waals surface area contributed by atoms with E-state index in [0.29, 0.717) is 33.3 Å². The Morgan fingerprint density at radius 3 is 2.65 bits per heavy atom. The van der Waals surface area contributed by atoms with Crippen molar-refractivity contribution in [3.05, 3.63) is 82.8 Å². The van der Waals surface area contributed by atoms with Crippen LogP contribution in [0.1, 0.15) is 35.4 Å². The first kappa shape index (κ1) is 23.3. The lowest BCUT2D eigenvalue weighted by Gasteiger charge is -2.12. The van der Waals surface area contributed by atoms with E-state index in [9.17, 15) is 19.1 Å². The number of anilines is 1. The molecule has 0 radical (unpaired) electrons. The highest BCUT2D eigenvalue weighted by Gasteiger charge is 2.13. The molecule has 34 heavy (non-hydrogen) atoms. The van der Waals surface area contributed by atoms with Gasteiger partial charge in [-0.3, -0.25) is 9.59 Å². The zero-order chi connectivity index (χ0) is 24.2. The van der Waals surface area contributed by atoms with Crippen LogP contribution in [-0.2, 0) is 4.79 Å². The average Bonchev–Trinajstić information content (AvgIpc) is 3.19. The molecule has 2 aromatic carbocycles. The summed E-state index contributed by atoms with van der Waals surface area (Å²) in [5.41, 5.74) is 2.15. The standard InChI is InChI=1S/C24H21ClFN5O3/c1-14(32)28-22-13-31-23(29-22)7-6-20(30-31)16-10-17(12-19(26)11-16)24(34)27-9-8-21(33)15-2-4-18(25)5-3-15/h2-7,10-13,21,33H,8-9H2,1H3,(H,27,34)(H,28,32)/t21-/m1/s1. The maximum atomic E-state index is 14.3. The Bertz CT molecular complexity index is 1360. The van der Waals surface area contributed by atoms with E-state index >= 15 is 0 Å². The number of fused-ring (bicyclic) bond motifs is 1. The second kappa shape index (κ2) is 9.98. The van der Waals surface area contributed by atoms with Gasteiger partial charge in [-0.25, -0.2) is 13.9 Å². The number of benzene rings is 2. The zero-order valence-corrected chi connectivity index (χ0v) is 18.9. The Labute approximate surface area is 199 Å². The van der Waals surface area contributed by atoms with E-state index in [1.54, 1.807) is 42.6 Å². The Morgan fingerprint density at radius 2 is 1.91 bits per heavy atom. The molecule has 0 aliphatic heterocycles. The number of hydrogen-bond acceptors (Lipinski definition) is 5. The molecule has 0 spiro atoms. The number of aromatic nitrogens is 3. The van der Waals surface area contributed by atoms with Gasteiger partial charge in [0.15, 0.2) is 11.5 Å². The number of imidazole rings is 1. The number of carbonyl (C=O) groups is 2. The van der Waals surface area contributed by atoms with Crippen molar-refractivity contribution in [2.45, 2.75) is 19.4 Å². The molecular formula is C24H21ClFN5O3. The van der Waals surface area contributed by atoms with Crippen molar-refractivity contribution < 1.29 is 19.1 Å². The highest BCUT2D eigenvalue weighted by atomic mass is 35.5. The number of hydrogen-bond donors (Lipinski definition) is 3. The van der Waals surface area contributed by atoms with E-state index in [4.69, 9.17) is 11.6 Å². The number of carbonyl (C=O) groups excluding carboxylic acids is 2. The maximum absolute atomic E-state index is 14.3. The number of nitrogens with one attached hydrogen (secondary N) is 2. The summed E-state index contributed by atoms with van der Waals surface area (Å²) in [5.74, 6) is -0.974. The highest BCUT2D eigenvalue weighted by Crippen LogP contribution is 2.22. The quantitative estimate of drug-likeness (QED) is 0.369. The lowest BCUT2D eigenvalue weighted by Crippen LogP contribution is -2.25. The van der Waals surface area contributed by atoms with Crippen molar-refractivity contribution in [2.75, 3.05) is 11.9 Å². The molecule has 3 N–H and O–H groups in total. The van der Waals surface area contributed by atoms with Gasteiger partial charge in [-0.1, -0.05) is 23.7 Å². The Kier molecular flexibility index (Phi) is 6.85. The Balaban J connectivity index is 1.46. The largest absolute Gasteiger partial charge is 0.388 e. The predicted molar refractivity (Wildman–Crippen MR) is 126 cm³/mol. The zero-order valence-electron chi connectivity index (χ0n) is 18.1. The first-order valence-corrected chi connectivity index (χ1v) is 10.8. The number of nitrogens with zero attached hydrogens (tertiary/aromatic N) is 3. The molecule has 4 aromatic rings. The summed E-state index contributed by atoms with van der Waals surface area (Å²) in [6, 6.07) is 14.1. The van der Waals surface area contributed by atoms with Crippen LogP contribution in [0.2, 0.25) is 5.02 Å². The van der Waals surface area contributed by atoms with Gasteiger partial charge in [0, 0.05) is 29.6 Å². The van der Waals surface area contributed by atoms with Gasteiger partial charge in [0.1, 0.15) is 5.82 Å². The summed E-state index contributed by atoms with van der Waals surface area (Å²) in [5, 5.41) is 20.5. The van der Waals surface area contributed by atoms with Crippen molar-refractivity contribution in [1.29, 1.82) is 0 Å². The van der Waals surface area contributed by atoms with Gasteiger partial charge in [-0.15, -0.1) is 0 Å². The van der Waals surface area contributed by atoms with Crippen molar-refractivity contribution >= 4 is 34.9 Å². The highest BCUT2D eigenvalue weighted by molar-refractivity contribution is 6.30. The van der Waals surface area contributed by atoms with Gasteiger partial charge in [-0.2, -0.15) is 5.10 Å². The van der Waals surface area contributed by atoms with E-state index < -0.39 is 17.8 Å². The normalized spacial score (nSPS) is 11.9. The van der Waals surface area contributed by atoms with Crippen LogP contribution in [0.15, 0.2) is 60.8 Å². The molecule has 0 bridgehead atoms. The predicted octanol–water partition coefficient (Wildman–Crippen LogP) is 4.00. The van der Waals surface area contributed by atoms with Gasteiger partial charge < -0.3 is 15.7 Å². The monoisotopic (exact) mass is 481 g/mol. The van der Waals surface area contributed by atoms with Crippen molar-refractivity contribution in [3.8, 4) is 11.3 Å². The second-order valence-electron chi connectivity index (χ2n) is 7.67. The molecule has 0 fully saturated rings. The van der Waals surface area contributed by atoms with E-state index in [2.05, 4.69) is 20.7 Å². The van der Waals surface area contributed by atoms with Crippen molar-refractivity contribution in [2.24, 2.45) is 0 Å². The summed E-state index contributed by atoms with van der Waals surface area (Å²) < 4.78 is 15.8. The molecule has 2 amide bonds. The number of rotatable bonds is 7. The van der Waals surface area contributed by atoms with Gasteiger partial charge >= 0.3 is 0 Å². The molecule has 2 heterocycles. The SMILES string of the molecule is CC(=O)Nc1cn2nc(-c3cc(F)cc(C(=O)NCC[C@@H](O)c4ccc(Cl)cc4)c3)ccc2n1. The molecule has 10 heteroatoms. The van der Waals surface area contributed by atoms with Crippen LogP contribution in [-0.4, -0.2) is 38.1 Å². The molecule has 0 saturated heterocycles. The minimum Gasteiger partial charge on any atom is -0.388 e. The summed E-state index contributed by atoms with van der Waals surface area (Å²) in [6.45, 7) is 1.57. The number of aliphatic hydroxyl groups is 1. The van der Waals surface area contributed by atoms with Gasteiger partial charge in [0.2, 0.25) is 5.91 Å². The fraction of sp³-hybridized carbons (Fsp3) is 0.167. The topological polar surface area (TPSA) is 109 Å². The van der Waals surface area contributed by atoms with E-state index in [0.717, 1.165) is 6.07 Å². The van der Waals surface area contributed by atoms with Crippen molar-refractivity contribution in [3.63, 3.8) is 0 Å². The van der Waals surface area contributed by atoms with Crippen LogP contribution in [0.5, 0.6) is 0 Å². The van der Waals surface area contributed by atoms with Crippen LogP contribution in [0.3, 0.4) is 0 Å². The van der Waals surface area contributed by atoms with E-state index in [1.165, 1.54) is 23.6 Å². The second-order valence-corrected chi connectivity index (χ2v) is 8.11. The molecule has 8 nitrogen and oxygen atoms in total. The average molecular weight is 482 g/mol. The number of aliphatic hydroxyl groups excluding tert-OH is 1. The molecule has 0 saturated carbocycles. The number of halogens is 2. The third-order valence-corrected chi connectivity index (χ3v) is 5.29. The lowest BCUT2D eigenvalue weighted by molar-refractivity contribution is -0.114. The Morgan fingerprint density at radius 1 is 1.15 bits per heavy atom. The summed E-state index contributed by atoms with van der Waals surface area (Å²) >= 11 is 5.85. The van der Waals surface area contributed by atoms with E-state index in [1.807, 2.05) is 0 Å². The molecule has 2 aromatic heterocycles. The maximum Gasteiger partial charge on any atom is 0.251 e. The van der Waals surface area contributed by atoms with Crippen LogP contribution in [0.4, 0.5) is 10.2 Å². The van der Waals surface area contributed by atoms with Gasteiger partial charge in [0.25, 0.3) is 5.91 Å². The fourth-order valence-corrected chi connectivity index (χ4v) is 3.55. The van der Waals surface area contributed by atoms with Gasteiger partial charge in [-0.05, 0) is 54.4 Å². The van der Waals surface area contributed by atoms with E-state index in [-0.39, 0.29) is 24.4 Å². The fourth-order valence-electron chi connectivity index (χ4n) is 3.42. The van der Waals surface area contributed by atoms with Crippen LogP contribution in [0.25, 0.3) is 16.9 Å². The summed E-state index contributed by atoms with van der Waals surface area (Å²) in [6.07, 6.45) is 1.05. The summed E-state index contributed by atoms with van der Waals surface area (Å²) in [4.78, 5) is 28.1. The smallest absolute Gasteiger partial charge is 0.251 e. The Hall–Kier alpha value is -3.82. The molecule has 0 aliphatic carbocycles. The molecule has 174 valence electrons. The minimum absolute atomic E-state index is 0.127. The molecule has 0 unspecified atom stereocenters. The third-order valence-electron chi connectivity index (χ3n) is 5.04. The molecule has 4 rings (SSSR count). The lowest BCUT2D eigenvalue weighted by atomic mass is 10.1. The third kappa shape index (κ3) is 5.56. The summed E-state index contributed by atoms with van der Waals surface area (Å²) in [7, 11) is 0. The van der Waals surface area contributed by atoms with Crippen molar-refractivity contribution in [1.82, 2.24) is 19.9 Å². The molecule has 0 aliphatic rings. The number of amides is 2. The van der Waals surface area contributed by atoms with Crippen LogP contribution < -0.4 is 10.6 Å². The van der Waals surface area contributed by atoms with Crippen LogP contribution in [0, 0.1) is 5.82 Å². The first-order chi connectivity index (χ1) is 16.3. The first-order valence-electron chi connectivity index (χ1n) is 10.5.